The lowest BCUT2D eigenvalue weighted by Gasteiger charge is -2.41. The van der Waals surface area contributed by atoms with Gasteiger partial charge in [-0.15, -0.1) is 22.7 Å². The first kappa shape index (κ1) is 64.5. The zero-order valence-electron chi connectivity index (χ0n) is 48.6. The zero-order valence-corrected chi connectivity index (χ0v) is 50.3. The number of amides is 4. The summed E-state index contributed by atoms with van der Waals surface area (Å²) in [5.41, 5.74) is 8.15. The molecule has 0 radical (unpaired) electrons. The van der Waals surface area contributed by atoms with Crippen LogP contribution >= 0.6 is 22.7 Å². The molecule has 446 valence electrons. The van der Waals surface area contributed by atoms with Crippen molar-refractivity contribution < 1.29 is 50.6 Å². The minimum absolute atomic E-state index is 0.00343. The number of carbonyl (C=O) groups is 4. The SMILES string of the molecule is CC(C)C(=O)N(CC[C@@H](CF)N1C(=O)c2ccccc2C1=O)[C@@H](c1nc(-c2cc(F)ccc2F)sc1Cc1ccccc1)C(C)(C)C.C[C@H](O)C(=O)N(CC[C@H](N)CF)[C@@H](c1nc(-c2cc(F)ccc2F)sc1Cc1ccccc1)C(C)(C)C. The molecule has 0 spiro atoms. The van der Waals surface area contributed by atoms with E-state index in [-0.39, 0.29) is 64.1 Å². The van der Waals surface area contributed by atoms with Crippen molar-refractivity contribution >= 4 is 46.3 Å². The first-order chi connectivity index (χ1) is 39.7. The largest absolute Gasteiger partial charge is 0.384 e. The van der Waals surface area contributed by atoms with Crippen molar-refractivity contribution in [3.63, 3.8) is 0 Å². The molecular formula is C65H72F6N6O5S2. The summed E-state index contributed by atoms with van der Waals surface area (Å²) in [5, 5.41) is 10.8. The van der Waals surface area contributed by atoms with E-state index < -0.39 is 101 Å². The first-order valence-electron chi connectivity index (χ1n) is 27.8. The Hall–Kier alpha value is -7.06. The Morgan fingerprint density at radius 3 is 1.37 bits per heavy atom. The van der Waals surface area contributed by atoms with E-state index >= 15 is 4.39 Å². The monoisotopic (exact) mass is 1190 g/mol. The Labute approximate surface area is 495 Å². The quantitative estimate of drug-likeness (QED) is 0.0533. The molecule has 5 atom stereocenters. The van der Waals surface area contributed by atoms with Crippen molar-refractivity contribution in [1.29, 1.82) is 0 Å². The standard InChI is InChI=1S/C37H38F3N3O3S.C28H34F3N3O2S/c1-22(2)34(44)42(18-17-25(21-38)43-35(45)26-13-9-10-14-27(26)36(43)46)32(37(3,4)5)31-30(19-23-11-7-6-8-12-23)47-33(41-31)28-20-24(39)15-16-29(28)40;1-17(35)27(36)34(13-12-20(32)16-29)25(28(2,3)4)24-23(14-18-8-6-5-7-9-18)37-26(33-24)21-15-19(30)10-11-22(21)31/h6-16,20,22,25,32H,17-19,21H2,1-5H3;5-11,15,17,20,25,35H,12-14,16,32H2,1-4H3/t25-,32-;17-,20-,25-/m00/s1. The molecule has 0 unspecified atom stereocenters. The van der Waals surface area contributed by atoms with Crippen LogP contribution in [0, 0.1) is 40.0 Å². The van der Waals surface area contributed by atoms with Gasteiger partial charge in [-0.25, -0.2) is 36.3 Å². The van der Waals surface area contributed by atoms with Gasteiger partial charge < -0.3 is 20.6 Å². The van der Waals surface area contributed by atoms with Crippen molar-refractivity contribution in [2.75, 3.05) is 26.4 Å². The second-order valence-electron chi connectivity index (χ2n) is 23.5. The number of benzene rings is 5. The lowest BCUT2D eigenvalue weighted by Crippen LogP contribution is -2.47. The predicted molar refractivity (Wildman–Crippen MR) is 318 cm³/mol. The number of thiazole rings is 2. The summed E-state index contributed by atoms with van der Waals surface area (Å²) in [7, 11) is 0. The first-order valence-corrected chi connectivity index (χ1v) is 29.5. The normalized spacial score (nSPS) is 14.4. The minimum Gasteiger partial charge on any atom is -0.384 e. The Kier molecular flexibility index (Phi) is 21.3. The topological polar surface area (TPSA) is 150 Å². The molecule has 0 fully saturated rings. The highest BCUT2D eigenvalue weighted by molar-refractivity contribution is 7.15. The predicted octanol–water partition coefficient (Wildman–Crippen LogP) is 13.9. The van der Waals surface area contributed by atoms with Gasteiger partial charge in [0.1, 0.15) is 52.7 Å². The third kappa shape index (κ3) is 15.2. The Balaban J connectivity index is 0.000000248. The summed E-state index contributed by atoms with van der Waals surface area (Å²) in [4.78, 5) is 69.1. The fourth-order valence-electron chi connectivity index (χ4n) is 10.4. The molecule has 11 nitrogen and oxygen atoms in total. The summed E-state index contributed by atoms with van der Waals surface area (Å²) in [5.74, 6) is -4.74. The zero-order chi connectivity index (χ0) is 61.4. The number of hydrogen-bond acceptors (Lipinski definition) is 10. The molecule has 2 aromatic heterocycles. The number of aliphatic hydroxyl groups excluding tert-OH is 1. The minimum atomic E-state index is -1.30. The van der Waals surface area contributed by atoms with E-state index in [1.54, 1.807) is 43.0 Å². The molecule has 0 bridgehead atoms. The second-order valence-corrected chi connectivity index (χ2v) is 25.7. The van der Waals surface area contributed by atoms with E-state index in [9.17, 15) is 46.2 Å². The fraction of sp³-hybridized carbons (Fsp3) is 0.385. The van der Waals surface area contributed by atoms with Gasteiger partial charge in [-0.05, 0) is 90.3 Å². The van der Waals surface area contributed by atoms with Gasteiger partial charge in [-0.3, -0.25) is 24.1 Å². The Morgan fingerprint density at radius 2 is 0.988 bits per heavy atom. The van der Waals surface area contributed by atoms with Gasteiger partial charge in [0, 0.05) is 58.8 Å². The molecule has 3 heterocycles. The number of hydrogen-bond donors (Lipinski definition) is 2. The van der Waals surface area contributed by atoms with Gasteiger partial charge in [0.15, 0.2) is 0 Å². The van der Waals surface area contributed by atoms with E-state index in [0.717, 1.165) is 62.2 Å². The van der Waals surface area contributed by atoms with Crippen molar-refractivity contribution in [3.05, 3.63) is 188 Å². The smallest absolute Gasteiger partial charge is 0.261 e. The number of imide groups is 1. The van der Waals surface area contributed by atoms with Crippen LogP contribution in [0.15, 0.2) is 121 Å². The van der Waals surface area contributed by atoms with Gasteiger partial charge in [-0.1, -0.05) is 128 Å². The van der Waals surface area contributed by atoms with Crippen LogP contribution in [0.3, 0.4) is 0 Å². The molecule has 0 saturated heterocycles. The van der Waals surface area contributed by atoms with Crippen LogP contribution in [-0.4, -0.2) is 98.0 Å². The van der Waals surface area contributed by atoms with Crippen LogP contribution in [-0.2, 0) is 22.4 Å². The van der Waals surface area contributed by atoms with Gasteiger partial charge >= 0.3 is 0 Å². The van der Waals surface area contributed by atoms with E-state index in [1.807, 2.05) is 102 Å². The van der Waals surface area contributed by atoms with Crippen LogP contribution in [0.25, 0.3) is 21.1 Å². The molecule has 4 amide bonds. The third-order valence-electron chi connectivity index (χ3n) is 14.4. The highest BCUT2D eigenvalue weighted by atomic mass is 32.1. The number of carbonyl (C=O) groups excluding carboxylic acids is 4. The summed E-state index contributed by atoms with van der Waals surface area (Å²) >= 11 is 2.48. The average Bonchev–Trinajstić information content (AvgIpc) is 2.27. The molecule has 84 heavy (non-hydrogen) atoms. The molecule has 0 aliphatic carbocycles. The van der Waals surface area contributed by atoms with Gasteiger partial charge in [0.2, 0.25) is 5.91 Å². The molecule has 5 aromatic carbocycles. The average molecular weight is 1200 g/mol. The van der Waals surface area contributed by atoms with Crippen LogP contribution < -0.4 is 5.73 Å². The fourth-order valence-corrected chi connectivity index (χ4v) is 12.7. The Bertz CT molecular complexity index is 3380. The number of alkyl halides is 2. The molecule has 1 aliphatic rings. The van der Waals surface area contributed by atoms with Crippen LogP contribution in [0.1, 0.15) is 140 Å². The lowest BCUT2D eigenvalue weighted by atomic mass is 9.82. The van der Waals surface area contributed by atoms with Crippen LogP contribution in [0.5, 0.6) is 0 Å². The van der Waals surface area contributed by atoms with Crippen molar-refractivity contribution in [2.45, 2.75) is 118 Å². The molecule has 3 N–H and O–H groups in total. The second kappa shape index (κ2) is 27.8. The maximum atomic E-state index is 15.0. The Morgan fingerprint density at radius 1 is 0.583 bits per heavy atom. The summed E-state index contributed by atoms with van der Waals surface area (Å²) < 4.78 is 86.0. The van der Waals surface area contributed by atoms with Crippen LogP contribution in [0.4, 0.5) is 26.3 Å². The maximum Gasteiger partial charge on any atom is 0.261 e. The molecule has 19 heteroatoms. The summed E-state index contributed by atoms with van der Waals surface area (Å²) in [6.07, 6.45) is -0.231. The number of fused-ring (bicyclic) bond motifs is 1. The molecule has 0 saturated carbocycles. The van der Waals surface area contributed by atoms with E-state index in [4.69, 9.17) is 15.7 Å². The molecule has 8 rings (SSSR count). The summed E-state index contributed by atoms with van der Waals surface area (Å²) in [6, 6.07) is 28.9. The number of nitrogens with two attached hydrogens (primary N) is 1. The number of aliphatic hydroxyl groups is 1. The van der Waals surface area contributed by atoms with Gasteiger partial charge in [0.05, 0.1) is 40.6 Å². The highest BCUT2D eigenvalue weighted by Crippen LogP contribution is 2.46. The maximum absolute atomic E-state index is 15.0. The van der Waals surface area contributed by atoms with E-state index in [0.29, 0.717) is 24.2 Å². The molecule has 7 aromatic rings. The van der Waals surface area contributed by atoms with Crippen LogP contribution in [0.2, 0.25) is 0 Å². The number of rotatable bonds is 21. The number of nitrogens with zero attached hydrogens (tertiary/aromatic N) is 5. The van der Waals surface area contributed by atoms with E-state index in [1.165, 1.54) is 34.5 Å². The lowest BCUT2D eigenvalue weighted by molar-refractivity contribution is -0.145. The molecule has 1 aliphatic heterocycles. The van der Waals surface area contributed by atoms with Crippen molar-refractivity contribution in [3.8, 4) is 21.1 Å². The van der Waals surface area contributed by atoms with Crippen molar-refractivity contribution in [2.24, 2.45) is 22.5 Å². The summed E-state index contributed by atoms with van der Waals surface area (Å²) in [6.45, 7) is 15.0. The third-order valence-corrected chi connectivity index (χ3v) is 16.6. The van der Waals surface area contributed by atoms with Gasteiger partial charge in [0.25, 0.3) is 17.7 Å². The number of halogens is 6. The highest BCUT2D eigenvalue weighted by Gasteiger charge is 2.44. The van der Waals surface area contributed by atoms with Gasteiger partial charge in [-0.2, -0.15) is 0 Å². The molecular weight excluding hydrogens is 1120 g/mol. The van der Waals surface area contributed by atoms with E-state index in [2.05, 4.69) is 0 Å². The number of aromatic nitrogens is 2. The van der Waals surface area contributed by atoms with Crippen molar-refractivity contribution in [1.82, 2.24) is 24.7 Å².